The minimum atomic E-state index is -0.516. The Kier molecular flexibility index (Phi) is 9.14. The molecule has 0 fully saturated rings. The van der Waals surface area contributed by atoms with Crippen molar-refractivity contribution in [3.63, 3.8) is 0 Å². The van der Waals surface area contributed by atoms with E-state index < -0.39 is 5.41 Å². The van der Waals surface area contributed by atoms with Crippen molar-refractivity contribution >= 4 is 17.1 Å². The summed E-state index contributed by atoms with van der Waals surface area (Å²) in [6.45, 7) is 4.85. The molecule has 0 bridgehead atoms. The van der Waals surface area contributed by atoms with Gasteiger partial charge in [0.1, 0.15) is 0 Å². The third-order valence-corrected chi connectivity index (χ3v) is 14.2. The summed E-state index contributed by atoms with van der Waals surface area (Å²) < 4.78 is 0. The first kappa shape index (κ1) is 38.7. The second-order valence-electron chi connectivity index (χ2n) is 18.0. The zero-order valence-corrected chi connectivity index (χ0v) is 36.6. The molecule has 2 aliphatic rings. The third-order valence-electron chi connectivity index (χ3n) is 14.2. The SMILES string of the molecule is CC1(C)c2ccc(N(c3ccc(-c4ccccc4)cc3)c3ccc(-c4ccccc4)cc3)cc2-c2c1cc1c(c2-c2ccccc2)-c2ccccc2C1(c1ccccc1)c1ccccc1. The zero-order chi connectivity index (χ0) is 43.5. The van der Waals surface area contributed by atoms with Crippen molar-refractivity contribution < 1.29 is 0 Å². The summed E-state index contributed by atoms with van der Waals surface area (Å²) >= 11 is 0. The Labute approximate surface area is 382 Å². The van der Waals surface area contributed by atoms with Crippen molar-refractivity contribution in [3.8, 4) is 55.6 Å². The second-order valence-corrected chi connectivity index (χ2v) is 18.0. The van der Waals surface area contributed by atoms with E-state index >= 15 is 0 Å². The van der Waals surface area contributed by atoms with Crippen LogP contribution in [0.1, 0.15) is 47.2 Å². The Hall–Kier alpha value is -8.00. The van der Waals surface area contributed by atoms with Crippen LogP contribution in [-0.2, 0) is 10.8 Å². The van der Waals surface area contributed by atoms with Gasteiger partial charge in [0, 0.05) is 22.5 Å². The molecule has 0 amide bonds. The smallest absolute Gasteiger partial charge is 0.0713 e. The van der Waals surface area contributed by atoms with E-state index in [2.05, 4.69) is 267 Å². The molecule has 0 aliphatic heterocycles. The molecule has 0 heterocycles. The number of fused-ring (bicyclic) bond motifs is 6. The molecule has 0 saturated carbocycles. The summed E-state index contributed by atoms with van der Waals surface area (Å²) in [5.74, 6) is 0. The molecule has 10 aromatic carbocycles. The van der Waals surface area contributed by atoms with Crippen molar-refractivity contribution in [2.24, 2.45) is 0 Å². The van der Waals surface area contributed by atoms with Crippen LogP contribution in [0.3, 0.4) is 0 Å². The number of hydrogen-bond acceptors (Lipinski definition) is 1. The molecule has 0 saturated heterocycles. The van der Waals surface area contributed by atoms with Gasteiger partial charge in [0.05, 0.1) is 5.41 Å². The summed E-state index contributed by atoms with van der Waals surface area (Å²) in [5, 5.41) is 0. The van der Waals surface area contributed by atoms with E-state index in [1.54, 1.807) is 0 Å². The fraction of sp³-hybridized carbons (Fsp3) is 0.0625. The molecule has 2 aliphatic carbocycles. The molecule has 0 spiro atoms. The van der Waals surface area contributed by atoms with E-state index in [1.807, 2.05) is 0 Å². The van der Waals surface area contributed by atoms with Crippen molar-refractivity contribution in [3.05, 3.63) is 282 Å². The van der Waals surface area contributed by atoms with Gasteiger partial charge in [-0.05, 0) is 125 Å². The summed E-state index contributed by atoms with van der Waals surface area (Å²) in [6.07, 6.45) is 0. The van der Waals surface area contributed by atoms with Gasteiger partial charge in [-0.25, -0.2) is 0 Å². The van der Waals surface area contributed by atoms with Crippen molar-refractivity contribution in [2.75, 3.05) is 4.90 Å². The van der Waals surface area contributed by atoms with E-state index in [9.17, 15) is 0 Å². The van der Waals surface area contributed by atoms with Crippen molar-refractivity contribution in [1.29, 1.82) is 0 Å². The Bertz CT molecular complexity index is 3210. The topological polar surface area (TPSA) is 3.24 Å². The minimum Gasteiger partial charge on any atom is -0.310 e. The quantitative estimate of drug-likeness (QED) is 0.147. The highest BCUT2D eigenvalue weighted by atomic mass is 15.1. The third kappa shape index (κ3) is 6.07. The zero-order valence-electron chi connectivity index (χ0n) is 36.6. The van der Waals surface area contributed by atoms with Crippen molar-refractivity contribution in [1.82, 2.24) is 0 Å². The fourth-order valence-corrected chi connectivity index (χ4v) is 11.1. The van der Waals surface area contributed by atoms with Gasteiger partial charge in [-0.2, -0.15) is 0 Å². The molecule has 0 radical (unpaired) electrons. The summed E-state index contributed by atoms with van der Waals surface area (Å²) in [6, 6.07) is 91.9. The number of benzene rings is 10. The maximum atomic E-state index is 2.60. The van der Waals surface area contributed by atoms with E-state index in [0.717, 1.165) is 17.1 Å². The molecule has 0 atom stereocenters. The lowest BCUT2D eigenvalue weighted by Crippen LogP contribution is -2.29. The normalized spacial score (nSPS) is 13.6. The van der Waals surface area contributed by atoms with Crippen LogP contribution in [0.15, 0.2) is 249 Å². The molecule has 1 nitrogen and oxygen atoms in total. The predicted octanol–water partition coefficient (Wildman–Crippen LogP) is 16.8. The number of rotatable bonds is 8. The molecule has 1 heteroatoms. The lowest BCUT2D eigenvalue weighted by molar-refractivity contribution is 0.656. The first-order chi connectivity index (χ1) is 32.0. The summed E-state index contributed by atoms with van der Waals surface area (Å²) in [7, 11) is 0. The van der Waals surface area contributed by atoms with Gasteiger partial charge in [-0.15, -0.1) is 0 Å². The standard InChI is InChI=1S/C64H47N/c1-63(2)56-41-40-53(65(51-36-32-46(33-37-51)44-20-8-3-9-21-44)52-38-34-47(35-39-52)45-22-10-4-11-23-45)42-55(56)62-58(63)43-59-61(60(62)48-24-12-5-13-25-48)54-30-18-19-31-57(54)64(59,49-26-14-6-15-27-49)50-28-16-7-17-29-50/h3-43H,1-2H3. The van der Waals surface area contributed by atoms with E-state index in [-0.39, 0.29) is 5.41 Å². The van der Waals surface area contributed by atoms with Gasteiger partial charge in [-0.3, -0.25) is 0 Å². The predicted molar refractivity (Wildman–Crippen MR) is 272 cm³/mol. The molecular weight excluding hydrogens is 783 g/mol. The van der Waals surface area contributed by atoms with Crippen LogP contribution in [0, 0.1) is 0 Å². The monoisotopic (exact) mass is 829 g/mol. The number of hydrogen-bond donors (Lipinski definition) is 0. The van der Waals surface area contributed by atoms with Crippen LogP contribution in [0.4, 0.5) is 17.1 Å². The first-order valence-corrected chi connectivity index (χ1v) is 22.8. The lowest BCUT2D eigenvalue weighted by atomic mass is 9.66. The molecule has 65 heavy (non-hydrogen) atoms. The summed E-state index contributed by atoms with van der Waals surface area (Å²) in [5.41, 5.74) is 23.0. The van der Waals surface area contributed by atoms with Crippen LogP contribution in [-0.4, -0.2) is 0 Å². The molecular formula is C64H47N. The van der Waals surface area contributed by atoms with Crippen molar-refractivity contribution in [2.45, 2.75) is 24.7 Å². The van der Waals surface area contributed by atoms with Crippen LogP contribution < -0.4 is 4.90 Å². The first-order valence-electron chi connectivity index (χ1n) is 22.8. The highest BCUT2D eigenvalue weighted by Gasteiger charge is 2.50. The Morgan fingerprint density at radius 1 is 0.277 bits per heavy atom. The minimum absolute atomic E-state index is 0.283. The molecule has 0 aromatic heterocycles. The maximum absolute atomic E-state index is 2.60. The molecule has 10 aromatic rings. The average Bonchev–Trinajstić information content (AvgIpc) is 3.80. The molecule has 0 N–H and O–H groups in total. The summed E-state index contributed by atoms with van der Waals surface area (Å²) in [4.78, 5) is 2.43. The highest BCUT2D eigenvalue weighted by Crippen LogP contribution is 2.64. The average molecular weight is 830 g/mol. The lowest BCUT2D eigenvalue weighted by Gasteiger charge is -2.35. The number of nitrogens with zero attached hydrogens (tertiary/aromatic N) is 1. The van der Waals surface area contributed by atoms with E-state index in [1.165, 1.54) is 89.0 Å². The molecule has 0 unspecified atom stereocenters. The van der Waals surface area contributed by atoms with E-state index in [4.69, 9.17) is 0 Å². The van der Waals surface area contributed by atoms with Crippen LogP contribution in [0.25, 0.3) is 55.6 Å². The maximum Gasteiger partial charge on any atom is 0.0713 e. The Balaban J connectivity index is 1.11. The van der Waals surface area contributed by atoms with Crippen LogP contribution in [0.2, 0.25) is 0 Å². The van der Waals surface area contributed by atoms with Gasteiger partial charge in [-0.1, -0.05) is 226 Å². The molecule has 12 rings (SSSR count). The Morgan fingerprint density at radius 2 is 0.692 bits per heavy atom. The van der Waals surface area contributed by atoms with Gasteiger partial charge in [0.2, 0.25) is 0 Å². The van der Waals surface area contributed by atoms with E-state index in [0.29, 0.717) is 0 Å². The van der Waals surface area contributed by atoms with Gasteiger partial charge in [0.25, 0.3) is 0 Å². The van der Waals surface area contributed by atoms with Crippen LogP contribution in [0.5, 0.6) is 0 Å². The largest absolute Gasteiger partial charge is 0.310 e. The molecule has 308 valence electrons. The number of anilines is 3. The van der Waals surface area contributed by atoms with Gasteiger partial charge < -0.3 is 4.90 Å². The highest BCUT2D eigenvalue weighted by molar-refractivity contribution is 6.06. The van der Waals surface area contributed by atoms with Gasteiger partial charge >= 0.3 is 0 Å². The fourth-order valence-electron chi connectivity index (χ4n) is 11.1. The Morgan fingerprint density at radius 3 is 1.22 bits per heavy atom. The second kappa shape index (κ2) is 15.4. The van der Waals surface area contributed by atoms with Crippen LogP contribution >= 0.6 is 0 Å². The van der Waals surface area contributed by atoms with Gasteiger partial charge in [0.15, 0.2) is 0 Å².